The zero-order valence-corrected chi connectivity index (χ0v) is 12.5. The van der Waals surface area contributed by atoms with Crippen LogP contribution in [0.25, 0.3) is 0 Å². The van der Waals surface area contributed by atoms with Gasteiger partial charge in [-0.25, -0.2) is 0 Å². The Balaban J connectivity index is 0.00000289. The van der Waals surface area contributed by atoms with Crippen molar-refractivity contribution in [2.75, 3.05) is 20.1 Å². The topological polar surface area (TPSA) is 63.1 Å². The zero-order chi connectivity index (χ0) is 12.8. The fraction of sp³-hybridized carbons (Fsp3) is 0.636. The molecule has 0 unspecified atom stereocenters. The Morgan fingerprint density at radius 2 is 2.00 bits per heavy atom. The van der Waals surface area contributed by atoms with Crippen molar-refractivity contribution < 1.29 is 4.79 Å². The number of aryl methyl sites for hydroxylation is 1. The van der Waals surface area contributed by atoms with Gasteiger partial charge in [0.1, 0.15) is 0 Å². The van der Waals surface area contributed by atoms with Crippen LogP contribution in [0, 0.1) is 13.8 Å². The van der Waals surface area contributed by atoms with Crippen LogP contribution in [0.15, 0.2) is 4.79 Å². The summed E-state index contributed by atoms with van der Waals surface area (Å²) in [4.78, 5) is 24.1. The summed E-state index contributed by atoms with van der Waals surface area (Å²) in [5, 5.41) is 5.74. The first-order chi connectivity index (χ1) is 8.06. The molecule has 1 aromatic rings. The van der Waals surface area contributed by atoms with E-state index < -0.39 is 0 Å². The third kappa shape index (κ3) is 4.80. The van der Waals surface area contributed by atoms with Crippen LogP contribution in [0.1, 0.15) is 17.0 Å². The van der Waals surface area contributed by atoms with Gasteiger partial charge in [-0.05, 0) is 20.9 Å². The molecule has 0 aliphatic heterocycles. The average Bonchev–Trinajstić information content (AvgIpc) is 2.51. The number of amides is 1. The maximum absolute atomic E-state index is 11.6. The SMILES string of the molecule is CNCCNC(=O)CCn1c(C)c(C)sc1=O.Cl. The summed E-state index contributed by atoms with van der Waals surface area (Å²) >= 11 is 1.23. The van der Waals surface area contributed by atoms with Gasteiger partial charge < -0.3 is 15.2 Å². The molecular formula is C11H20ClN3O2S. The molecule has 0 aliphatic carbocycles. The summed E-state index contributed by atoms with van der Waals surface area (Å²) < 4.78 is 1.66. The lowest BCUT2D eigenvalue weighted by molar-refractivity contribution is -0.121. The molecule has 0 atom stereocenters. The van der Waals surface area contributed by atoms with Gasteiger partial charge in [0.05, 0.1) is 0 Å². The number of halogens is 1. The maximum atomic E-state index is 11.6. The third-order valence-electron chi connectivity index (χ3n) is 2.63. The molecule has 2 N–H and O–H groups in total. The lowest BCUT2D eigenvalue weighted by atomic mass is 10.3. The molecule has 0 radical (unpaired) electrons. The molecule has 5 nitrogen and oxygen atoms in total. The van der Waals surface area contributed by atoms with Gasteiger partial charge in [0.25, 0.3) is 0 Å². The van der Waals surface area contributed by atoms with Crippen molar-refractivity contribution in [3.05, 3.63) is 20.2 Å². The first-order valence-corrected chi connectivity index (χ1v) is 6.46. The Labute approximate surface area is 117 Å². The molecule has 1 heterocycles. The molecule has 18 heavy (non-hydrogen) atoms. The Hall–Kier alpha value is -0.850. The van der Waals surface area contributed by atoms with Crippen molar-refractivity contribution in [3.63, 3.8) is 0 Å². The van der Waals surface area contributed by atoms with Crippen LogP contribution < -0.4 is 15.5 Å². The van der Waals surface area contributed by atoms with Gasteiger partial charge in [-0.3, -0.25) is 9.59 Å². The molecule has 0 saturated carbocycles. The van der Waals surface area contributed by atoms with Gasteiger partial charge in [-0.2, -0.15) is 0 Å². The summed E-state index contributed by atoms with van der Waals surface area (Å²) in [6.45, 7) is 5.66. The maximum Gasteiger partial charge on any atom is 0.307 e. The number of nitrogens with zero attached hydrogens (tertiary/aromatic N) is 1. The zero-order valence-electron chi connectivity index (χ0n) is 10.9. The smallest absolute Gasteiger partial charge is 0.307 e. The van der Waals surface area contributed by atoms with Gasteiger partial charge in [0, 0.05) is 36.6 Å². The fourth-order valence-corrected chi connectivity index (χ4v) is 2.33. The summed E-state index contributed by atoms with van der Waals surface area (Å²) in [5.41, 5.74) is 0.961. The summed E-state index contributed by atoms with van der Waals surface area (Å²) in [6, 6.07) is 0. The molecule has 1 rings (SSSR count). The molecular weight excluding hydrogens is 274 g/mol. The first kappa shape index (κ1) is 17.2. The number of hydrogen-bond donors (Lipinski definition) is 2. The van der Waals surface area contributed by atoms with Crippen LogP contribution >= 0.6 is 23.7 Å². The van der Waals surface area contributed by atoms with Crippen molar-refractivity contribution in [3.8, 4) is 0 Å². The average molecular weight is 294 g/mol. The number of hydrogen-bond acceptors (Lipinski definition) is 4. The normalized spacial score (nSPS) is 9.94. The molecule has 0 spiro atoms. The van der Waals surface area contributed by atoms with E-state index in [-0.39, 0.29) is 23.2 Å². The fourth-order valence-electron chi connectivity index (χ4n) is 1.47. The number of carbonyl (C=O) groups is 1. The Kier molecular flexibility index (Phi) is 7.90. The van der Waals surface area contributed by atoms with Crippen molar-refractivity contribution in [1.82, 2.24) is 15.2 Å². The molecule has 0 fully saturated rings. The van der Waals surface area contributed by atoms with Crippen LogP contribution in [0.3, 0.4) is 0 Å². The van der Waals surface area contributed by atoms with Crippen LogP contribution in [0.2, 0.25) is 0 Å². The highest BCUT2D eigenvalue weighted by atomic mass is 35.5. The second kappa shape index (κ2) is 8.29. The summed E-state index contributed by atoms with van der Waals surface area (Å²) in [7, 11) is 1.84. The first-order valence-electron chi connectivity index (χ1n) is 5.64. The lowest BCUT2D eigenvalue weighted by Crippen LogP contribution is -2.31. The highest BCUT2D eigenvalue weighted by molar-refractivity contribution is 7.09. The number of thiazole rings is 1. The molecule has 0 saturated heterocycles. The van der Waals surface area contributed by atoms with E-state index in [2.05, 4.69) is 10.6 Å². The van der Waals surface area contributed by atoms with Gasteiger partial charge in [-0.1, -0.05) is 11.3 Å². The second-order valence-corrected chi connectivity index (χ2v) is 5.03. The van der Waals surface area contributed by atoms with Crippen LogP contribution in [-0.2, 0) is 11.3 Å². The van der Waals surface area contributed by atoms with Gasteiger partial charge in [0.15, 0.2) is 0 Å². The van der Waals surface area contributed by atoms with E-state index in [1.54, 1.807) is 4.57 Å². The largest absolute Gasteiger partial charge is 0.355 e. The monoisotopic (exact) mass is 293 g/mol. The molecule has 1 amide bonds. The summed E-state index contributed by atoms with van der Waals surface area (Å²) in [5.74, 6) is -0.0181. The van der Waals surface area contributed by atoms with E-state index in [0.29, 0.717) is 19.5 Å². The minimum absolute atomic E-state index is 0. The number of likely N-dealkylation sites (N-methyl/N-ethyl adjacent to an activating group) is 1. The van der Waals surface area contributed by atoms with Crippen molar-refractivity contribution >= 4 is 29.7 Å². The molecule has 0 bridgehead atoms. The molecule has 0 aromatic carbocycles. The van der Waals surface area contributed by atoms with Crippen molar-refractivity contribution in [2.45, 2.75) is 26.8 Å². The van der Waals surface area contributed by atoms with E-state index >= 15 is 0 Å². The van der Waals surface area contributed by atoms with Gasteiger partial charge in [-0.15, -0.1) is 12.4 Å². The molecule has 7 heteroatoms. The van der Waals surface area contributed by atoms with E-state index in [9.17, 15) is 9.59 Å². The van der Waals surface area contributed by atoms with Gasteiger partial charge >= 0.3 is 4.87 Å². The van der Waals surface area contributed by atoms with E-state index in [4.69, 9.17) is 0 Å². The van der Waals surface area contributed by atoms with Crippen LogP contribution in [0.5, 0.6) is 0 Å². The Morgan fingerprint density at radius 1 is 1.33 bits per heavy atom. The molecule has 1 aromatic heterocycles. The number of nitrogens with one attached hydrogen (secondary N) is 2. The van der Waals surface area contributed by atoms with E-state index in [1.165, 1.54) is 11.3 Å². The number of rotatable bonds is 6. The molecule has 0 aliphatic rings. The van der Waals surface area contributed by atoms with Crippen molar-refractivity contribution in [1.29, 1.82) is 0 Å². The van der Waals surface area contributed by atoms with Crippen molar-refractivity contribution in [2.24, 2.45) is 0 Å². The number of carbonyl (C=O) groups excluding carboxylic acids is 1. The van der Waals surface area contributed by atoms with E-state index in [1.807, 2.05) is 20.9 Å². The van der Waals surface area contributed by atoms with E-state index in [0.717, 1.165) is 17.1 Å². The third-order valence-corrected chi connectivity index (χ3v) is 3.63. The standard InChI is InChI=1S/C11H19N3O2S.ClH/c1-8-9(2)17-11(16)14(8)7-4-10(15)13-6-5-12-3;/h12H,4-7H2,1-3H3,(H,13,15);1H. The predicted molar refractivity (Wildman–Crippen MR) is 76.9 cm³/mol. The van der Waals surface area contributed by atoms with Crippen LogP contribution in [0.4, 0.5) is 0 Å². The summed E-state index contributed by atoms with van der Waals surface area (Å²) in [6.07, 6.45) is 0.348. The highest BCUT2D eigenvalue weighted by Crippen LogP contribution is 2.09. The Bertz CT molecular complexity index is 442. The molecule has 104 valence electrons. The predicted octanol–water partition coefficient (Wildman–Crippen LogP) is 0.674. The lowest BCUT2D eigenvalue weighted by Gasteiger charge is -2.06. The van der Waals surface area contributed by atoms with Gasteiger partial charge in [0.2, 0.25) is 5.91 Å². The minimum atomic E-state index is -0.0181. The highest BCUT2D eigenvalue weighted by Gasteiger charge is 2.08. The Morgan fingerprint density at radius 3 is 2.50 bits per heavy atom. The second-order valence-electron chi connectivity index (χ2n) is 3.86. The number of aromatic nitrogens is 1. The minimum Gasteiger partial charge on any atom is -0.355 e. The quantitative estimate of drug-likeness (QED) is 0.758. The van der Waals surface area contributed by atoms with Crippen LogP contribution in [-0.4, -0.2) is 30.6 Å².